The highest BCUT2D eigenvalue weighted by Gasteiger charge is 2.40. The Morgan fingerprint density at radius 1 is 0.692 bits per heavy atom. The van der Waals surface area contributed by atoms with E-state index in [0.717, 1.165) is 31.2 Å². The van der Waals surface area contributed by atoms with Gasteiger partial charge in [0.05, 0.1) is 11.4 Å². The number of hydrogen-bond acceptors (Lipinski definition) is 11. The Labute approximate surface area is 304 Å². The number of carbonyl (C=O) groups is 5. The van der Waals surface area contributed by atoms with E-state index >= 15 is 0 Å². The minimum atomic E-state index is -1.42. The fourth-order valence-electron chi connectivity index (χ4n) is 6.65. The number of rotatable bonds is 13. The largest absolute Gasteiger partial charge is 0.419 e. The number of anilines is 3. The van der Waals surface area contributed by atoms with Crippen LogP contribution in [0.1, 0.15) is 121 Å². The Bertz CT molecular complexity index is 1690. The quantitative estimate of drug-likeness (QED) is 0.0803. The second kappa shape index (κ2) is 16.5. The van der Waals surface area contributed by atoms with Crippen LogP contribution in [-0.2, 0) is 38.1 Å². The molecule has 0 spiro atoms. The molecule has 278 valence electrons. The standard InChI is InChI=1S/C40H49N3O9/c1-6-7-8-9-10-11-25-12-14-26(15-13-25)27-16-18-28(19-17-27)34(44)43-32-21-20-29(41-23-30-35(45)49-39(2,3)50-36(30)46)22-33(32)42-24-31-37(47)51-40(4,5)52-38(31)48/h16-26,41-42H,6-15H2,1-5H3,(H,43,44). The lowest BCUT2D eigenvalue weighted by atomic mass is 9.77. The highest BCUT2D eigenvalue weighted by Crippen LogP contribution is 2.38. The summed E-state index contributed by atoms with van der Waals surface area (Å²) < 4.78 is 20.6. The number of unbranched alkanes of at least 4 members (excludes halogenated alkanes) is 4. The van der Waals surface area contributed by atoms with E-state index in [0.29, 0.717) is 22.9 Å². The van der Waals surface area contributed by atoms with Gasteiger partial charge in [-0.05, 0) is 73.4 Å². The van der Waals surface area contributed by atoms with Gasteiger partial charge < -0.3 is 34.9 Å². The number of cyclic esters (lactones) is 4. The van der Waals surface area contributed by atoms with Crippen molar-refractivity contribution in [2.75, 3.05) is 16.0 Å². The maximum absolute atomic E-state index is 13.5. The van der Waals surface area contributed by atoms with Crippen LogP contribution in [0.5, 0.6) is 0 Å². The molecule has 0 aromatic heterocycles. The lowest BCUT2D eigenvalue weighted by Crippen LogP contribution is -2.42. The molecule has 2 heterocycles. The molecule has 3 aliphatic rings. The van der Waals surface area contributed by atoms with Gasteiger partial charge in [0, 0.05) is 51.3 Å². The van der Waals surface area contributed by atoms with Gasteiger partial charge in [-0.15, -0.1) is 0 Å². The highest BCUT2D eigenvalue weighted by molar-refractivity contribution is 6.16. The Morgan fingerprint density at radius 2 is 1.23 bits per heavy atom. The molecular formula is C40H49N3O9. The van der Waals surface area contributed by atoms with Crippen LogP contribution in [0.4, 0.5) is 17.1 Å². The molecule has 3 N–H and O–H groups in total. The average molecular weight is 716 g/mol. The third kappa shape index (κ3) is 10.0. The summed E-state index contributed by atoms with van der Waals surface area (Å²) in [5.74, 6) is -5.35. The molecule has 0 unspecified atom stereocenters. The summed E-state index contributed by atoms with van der Waals surface area (Å²) in [7, 11) is 0. The van der Waals surface area contributed by atoms with Crippen LogP contribution in [-0.4, -0.2) is 41.4 Å². The van der Waals surface area contributed by atoms with Gasteiger partial charge in [0.15, 0.2) is 11.1 Å². The Kier molecular flexibility index (Phi) is 12.1. The van der Waals surface area contributed by atoms with Crippen molar-refractivity contribution in [1.29, 1.82) is 0 Å². The number of carbonyl (C=O) groups excluding carboxylic acids is 5. The van der Waals surface area contributed by atoms with Crippen LogP contribution >= 0.6 is 0 Å². The monoisotopic (exact) mass is 715 g/mol. The normalized spacial score (nSPS) is 20.9. The topological polar surface area (TPSA) is 158 Å². The van der Waals surface area contributed by atoms with Gasteiger partial charge in [0.2, 0.25) is 0 Å². The van der Waals surface area contributed by atoms with Gasteiger partial charge >= 0.3 is 23.9 Å². The summed E-state index contributed by atoms with van der Waals surface area (Å²) in [5.41, 5.74) is 1.92. The number of amides is 1. The van der Waals surface area contributed by atoms with Crippen LogP contribution in [0.15, 0.2) is 66.0 Å². The van der Waals surface area contributed by atoms with Crippen LogP contribution in [0, 0.1) is 5.92 Å². The van der Waals surface area contributed by atoms with Crippen molar-refractivity contribution in [3.8, 4) is 0 Å². The molecule has 12 heteroatoms. The minimum absolute atomic E-state index is 0.267. The smallest absolute Gasteiger partial charge is 0.350 e. The first-order valence-electron chi connectivity index (χ1n) is 18.2. The second-order valence-electron chi connectivity index (χ2n) is 14.5. The molecule has 0 radical (unpaired) electrons. The van der Waals surface area contributed by atoms with Gasteiger partial charge in [0.25, 0.3) is 17.5 Å². The van der Waals surface area contributed by atoms with E-state index in [9.17, 15) is 24.0 Å². The fourth-order valence-corrected chi connectivity index (χ4v) is 6.65. The van der Waals surface area contributed by atoms with Gasteiger partial charge in [-0.2, -0.15) is 0 Å². The molecule has 2 aromatic rings. The van der Waals surface area contributed by atoms with Crippen molar-refractivity contribution in [3.63, 3.8) is 0 Å². The van der Waals surface area contributed by atoms with E-state index in [1.807, 2.05) is 24.3 Å². The van der Waals surface area contributed by atoms with Crippen molar-refractivity contribution < 1.29 is 42.9 Å². The molecular weight excluding hydrogens is 666 g/mol. The third-order valence-electron chi connectivity index (χ3n) is 9.46. The molecule has 2 aromatic carbocycles. The van der Waals surface area contributed by atoms with E-state index in [1.54, 1.807) is 18.2 Å². The van der Waals surface area contributed by atoms with E-state index in [-0.39, 0.29) is 22.7 Å². The third-order valence-corrected chi connectivity index (χ3v) is 9.46. The zero-order valence-corrected chi connectivity index (χ0v) is 30.6. The molecule has 3 fully saturated rings. The first-order chi connectivity index (χ1) is 24.7. The molecule has 0 atom stereocenters. The zero-order chi connectivity index (χ0) is 37.5. The maximum Gasteiger partial charge on any atom is 0.350 e. The predicted molar refractivity (Wildman–Crippen MR) is 195 cm³/mol. The number of nitrogens with one attached hydrogen (secondary N) is 3. The first-order valence-corrected chi connectivity index (χ1v) is 18.2. The van der Waals surface area contributed by atoms with Crippen molar-refractivity contribution in [2.24, 2.45) is 5.92 Å². The van der Waals surface area contributed by atoms with Crippen molar-refractivity contribution >= 4 is 46.8 Å². The average Bonchev–Trinajstić information content (AvgIpc) is 3.07. The van der Waals surface area contributed by atoms with E-state index in [2.05, 4.69) is 22.9 Å². The maximum atomic E-state index is 13.5. The Morgan fingerprint density at radius 3 is 1.79 bits per heavy atom. The van der Waals surface area contributed by atoms with Crippen LogP contribution in [0.2, 0.25) is 0 Å². The summed E-state index contributed by atoms with van der Waals surface area (Å²) in [4.78, 5) is 63.4. The molecule has 12 nitrogen and oxygen atoms in total. The first kappa shape index (κ1) is 38.1. The SMILES string of the molecule is CCCCCCCC1CCC(c2ccc(C(=O)Nc3ccc(NC=C4C(=O)OC(C)(C)OC4=O)cc3NC=C3C(=O)OC(C)(C)OC3=O)cc2)CC1. The van der Waals surface area contributed by atoms with Gasteiger partial charge in [-0.3, -0.25) is 4.79 Å². The number of benzene rings is 2. The molecule has 1 saturated carbocycles. The van der Waals surface area contributed by atoms with E-state index in [1.165, 1.54) is 84.6 Å². The lowest BCUT2D eigenvalue weighted by Gasteiger charge is -2.29. The predicted octanol–water partition coefficient (Wildman–Crippen LogP) is 7.84. The second-order valence-corrected chi connectivity index (χ2v) is 14.5. The number of esters is 4. The molecule has 1 aliphatic carbocycles. The molecule has 52 heavy (non-hydrogen) atoms. The molecule has 1 amide bonds. The minimum Gasteiger partial charge on any atom is -0.419 e. The molecule has 2 saturated heterocycles. The van der Waals surface area contributed by atoms with E-state index in [4.69, 9.17) is 18.9 Å². The van der Waals surface area contributed by atoms with Gasteiger partial charge in [-0.1, -0.05) is 57.6 Å². The van der Waals surface area contributed by atoms with Crippen molar-refractivity contribution in [2.45, 2.75) is 116 Å². The van der Waals surface area contributed by atoms with Gasteiger partial charge in [-0.25, -0.2) is 19.2 Å². The summed E-state index contributed by atoms with van der Waals surface area (Å²) >= 11 is 0. The summed E-state index contributed by atoms with van der Waals surface area (Å²) in [6, 6.07) is 12.4. The van der Waals surface area contributed by atoms with Crippen LogP contribution in [0.25, 0.3) is 0 Å². The zero-order valence-electron chi connectivity index (χ0n) is 30.6. The van der Waals surface area contributed by atoms with Gasteiger partial charge in [0.1, 0.15) is 0 Å². The number of hydrogen-bond donors (Lipinski definition) is 3. The fraction of sp³-hybridized carbons (Fsp3) is 0.475. The highest BCUT2D eigenvalue weighted by atomic mass is 16.7. The summed E-state index contributed by atoms with van der Waals surface area (Å²) in [5, 5.41) is 8.64. The van der Waals surface area contributed by atoms with Crippen LogP contribution < -0.4 is 16.0 Å². The van der Waals surface area contributed by atoms with E-state index < -0.39 is 35.5 Å². The summed E-state index contributed by atoms with van der Waals surface area (Å²) in [6.45, 7) is 8.02. The summed E-state index contributed by atoms with van der Waals surface area (Å²) in [6.07, 6.45) is 15.0. The van der Waals surface area contributed by atoms with Crippen molar-refractivity contribution in [1.82, 2.24) is 0 Å². The Balaban J connectivity index is 1.28. The van der Waals surface area contributed by atoms with Crippen LogP contribution in [0.3, 0.4) is 0 Å². The lowest BCUT2D eigenvalue weighted by molar-refractivity contribution is -0.224. The molecule has 0 bridgehead atoms. The Hall–Kier alpha value is -5.13. The van der Waals surface area contributed by atoms with Crippen molar-refractivity contribution in [3.05, 3.63) is 77.1 Å². The molecule has 5 rings (SSSR count). The molecule has 2 aliphatic heterocycles. The number of ether oxygens (including phenoxy) is 4.